The van der Waals surface area contributed by atoms with Crippen molar-refractivity contribution in [2.45, 2.75) is 46.3 Å². The van der Waals surface area contributed by atoms with E-state index < -0.39 is 12.2 Å². The van der Waals surface area contributed by atoms with Gasteiger partial charge in [-0.25, -0.2) is 9.78 Å². The standard InChI is InChI=1S/C20H27N3O4/c1-5-13(3)18-14(6-2)19(27-26-17(24)11-12-25-4)23-16-10-8-7-9-15(16)21-20(23)22-18/h7-10,13,19H,5-6,11-12H2,1-4H3,(H,21,22). The van der Waals surface area contributed by atoms with Gasteiger partial charge in [-0.1, -0.05) is 32.9 Å². The highest BCUT2D eigenvalue weighted by atomic mass is 17.2. The van der Waals surface area contributed by atoms with Gasteiger partial charge in [0.2, 0.25) is 12.2 Å². The fourth-order valence-electron chi connectivity index (χ4n) is 3.30. The van der Waals surface area contributed by atoms with Crippen molar-refractivity contribution in [3.63, 3.8) is 0 Å². The second kappa shape index (κ2) is 8.54. The Morgan fingerprint density at radius 3 is 2.81 bits per heavy atom. The average Bonchev–Trinajstić information content (AvgIpc) is 3.07. The van der Waals surface area contributed by atoms with E-state index in [0.717, 1.165) is 35.1 Å². The molecule has 1 aromatic carbocycles. The van der Waals surface area contributed by atoms with Gasteiger partial charge in [-0.2, -0.15) is 4.89 Å². The molecule has 2 atom stereocenters. The van der Waals surface area contributed by atoms with Gasteiger partial charge >= 0.3 is 5.97 Å². The number of carbonyl (C=O) groups excluding carboxylic acids is 1. The summed E-state index contributed by atoms with van der Waals surface area (Å²) in [6, 6.07) is 7.85. The molecule has 7 heteroatoms. The maximum Gasteiger partial charge on any atom is 0.344 e. The van der Waals surface area contributed by atoms with E-state index >= 15 is 0 Å². The van der Waals surface area contributed by atoms with Crippen LogP contribution in [0.15, 0.2) is 35.5 Å². The Bertz CT molecular complexity index is 843. The quantitative estimate of drug-likeness (QED) is 0.553. The van der Waals surface area contributed by atoms with Crippen molar-refractivity contribution >= 4 is 23.0 Å². The zero-order chi connectivity index (χ0) is 19.4. The van der Waals surface area contributed by atoms with Gasteiger partial charge in [0.15, 0.2) is 0 Å². The zero-order valence-corrected chi connectivity index (χ0v) is 16.3. The Kier molecular flexibility index (Phi) is 6.13. The van der Waals surface area contributed by atoms with E-state index in [9.17, 15) is 4.79 Å². The molecule has 2 heterocycles. The topological polar surface area (TPSA) is 74.6 Å². The van der Waals surface area contributed by atoms with Crippen LogP contribution in [-0.4, -0.2) is 29.2 Å². The summed E-state index contributed by atoms with van der Waals surface area (Å²) in [5.74, 6) is 0.548. The first-order valence-electron chi connectivity index (χ1n) is 9.42. The van der Waals surface area contributed by atoms with Crippen molar-refractivity contribution in [1.82, 2.24) is 9.55 Å². The maximum absolute atomic E-state index is 11.9. The molecular weight excluding hydrogens is 346 g/mol. The largest absolute Gasteiger partial charge is 0.384 e. The molecule has 2 unspecified atom stereocenters. The van der Waals surface area contributed by atoms with Crippen LogP contribution >= 0.6 is 0 Å². The van der Waals surface area contributed by atoms with Crippen molar-refractivity contribution in [3.8, 4) is 0 Å². The number of hydrogen-bond acceptors (Lipinski definition) is 6. The number of anilines is 1. The van der Waals surface area contributed by atoms with Gasteiger partial charge < -0.3 is 10.1 Å². The highest BCUT2D eigenvalue weighted by Crippen LogP contribution is 2.39. The summed E-state index contributed by atoms with van der Waals surface area (Å²) in [4.78, 5) is 27.4. The number of methoxy groups -OCH3 is 1. The Labute approximate surface area is 159 Å². The molecule has 0 saturated heterocycles. The summed E-state index contributed by atoms with van der Waals surface area (Å²) < 4.78 is 6.87. The molecule has 27 heavy (non-hydrogen) atoms. The van der Waals surface area contributed by atoms with E-state index in [2.05, 4.69) is 26.1 Å². The number of ether oxygens (including phenoxy) is 1. The Hall–Kier alpha value is -2.38. The second-order valence-corrected chi connectivity index (χ2v) is 6.67. The fraction of sp³-hybridized carbons (Fsp3) is 0.500. The third-order valence-corrected chi connectivity index (χ3v) is 4.95. The molecule has 0 aliphatic carbocycles. The molecule has 0 radical (unpaired) electrons. The maximum atomic E-state index is 11.9. The molecule has 0 spiro atoms. The third kappa shape index (κ3) is 3.84. The van der Waals surface area contributed by atoms with Gasteiger partial charge in [-0.15, -0.1) is 0 Å². The SMILES string of the molecule is CCC1=C(C(C)CC)Nc2nc3ccccc3n2C1OOC(=O)CCOC. The molecule has 2 aromatic rings. The second-order valence-electron chi connectivity index (χ2n) is 6.67. The number of rotatable bonds is 8. The van der Waals surface area contributed by atoms with Crippen LogP contribution in [-0.2, 0) is 19.3 Å². The molecule has 0 amide bonds. The van der Waals surface area contributed by atoms with Gasteiger partial charge in [0.05, 0.1) is 24.1 Å². The third-order valence-electron chi connectivity index (χ3n) is 4.95. The molecule has 7 nitrogen and oxygen atoms in total. The molecule has 3 rings (SSSR count). The number of imidazole rings is 1. The highest BCUT2D eigenvalue weighted by Gasteiger charge is 2.33. The summed E-state index contributed by atoms with van der Waals surface area (Å²) in [5.41, 5.74) is 3.92. The molecule has 0 saturated carbocycles. The van der Waals surface area contributed by atoms with E-state index in [0.29, 0.717) is 18.5 Å². The van der Waals surface area contributed by atoms with Crippen molar-refractivity contribution in [3.05, 3.63) is 35.5 Å². The van der Waals surface area contributed by atoms with E-state index in [1.807, 2.05) is 28.8 Å². The highest BCUT2D eigenvalue weighted by molar-refractivity contribution is 5.80. The summed E-state index contributed by atoms with van der Waals surface area (Å²) in [6.07, 6.45) is 1.34. The number of nitrogens with zero attached hydrogens (tertiary/aromatic N) is 2. The van der Waals surface area contributed by atoms with Crippen LogP contribution in [0.25, 0.3) is 11.0 Å². The zero-order valence-electron chi connectivity index (χ0n) is 16.3. The predicted octanol–water partition coefficient (Wildman–Crippen LogP) is 4.18. The minimum Gasteiger partial charge on any atom is -0.384 e. The number of allylic oxidation sites excluding steroid dienone is 1. The average molecular weight is 373 g/mol. The lowest BCUT2D eigenvalue weighted by Gasteiger charge is -2.32. The molecule has 1 N–H and O–H groups in total. The predicted molar refractivity (Wildman–Crippen MR) is 103 cm³/mol. The van der Waals surface area contributed by atoms with Crippen molar-refractivity contribution in [2.75, 3.05) is 19.0 Å². The van der Waals surface area contributed by atoms with Crippen LogP contribution in [0.2, 0.25) is 0 Å². The monoisotopic (exact) mass is 373 g/mol. The summed E-state index contributed by atoms with van der Waals surface area (Å²) >= 11 is 0. The normalized spacial score (nSPS) is 17.6. The van der Waals surface area contributed by atoms with Crippen LogP contribution in [0.4, 0.5) is 5.95 Å². The van der Waals surface area contributed by atoms with E-state index in [4.69, 9.17) is 19.5 Å². The number of carbonyl (C=O) groups is 1. The van der Waals surface area contributed by atoms with Crippen LogP contribution in [0, 0.1) is 5.92 Å². The molecule has 0 fully saturated rings. The fourth-order valence-corrected chi connectivity index (χ4v) is 3.30. The van der Waals surface area contributed by atoms with E-state index in [-0.39, 0.29) is 6.42 Å². The van der Waals surface area contributed by atoms with Crippen LogP contribution in [0.5, 0.6) is 0 Å². The number of nitrogens with one attached hydrogen (secondary N) is 1. The first-order chi connectivity index (χ1) is 13.1. The smallest absolute Gasteiger partial charge is 0.344 e. The molecule has 1 aliphatic rings. The Morgan fingerprint density at radius 2 is 2.11 bits per heavy atom. The molecule has 146 valence electrons. The number of aromatic nitrogens is 2. The molecule has 0 bridgehead atoms. The van der Waals surface area contributed by atoms with Gasteiger partial charge in [-0.05, 0) is 30.9 Å². The summed E-state index contributed by atoms with van der Waals surface area (Å²) in [6.45, 7) is 6.68. The number of para-hydroxylation sites is 2. The van der Waals surface area contributed by atoms with Crippen LogP contribution in [0.3, 0.4) is 0 Å². The van der Waals surface area contributed by atoms with Crippen molar-refractivity contribution in [1.29, 1.82) is 0 Å². The lowest BCUT2D eigenvalue weighted by molar-refractivity contribution is -0.307. The van der Waals surface area contributed by atoms with Crippen LogP contribution in [0.1, 0.15) is 46.3 Å². The van der Waals surface area contributed by atoms with Gasteiger partial charge in [0, 0.05) is 18.4 Å². The first kappa shape index (κ1) is 19.4. The first-order valence-corrected chi connectivity index (χ1v) is 9.42. The number of hydrogen-bond donors (Lipinski definition) is 1. The van der Waals surface area contributed by atoms with E-state index in [1.165, 1.54) is 0 Å². The van der Waals surface area contributed by atoms with Crippen molar-refractivity contribution < 1.29 is 19.3 Å². The molecular formula is C20H27N3O4. The van der Waals surface area contributed by atoms with E-state index in [1.54, 1.807) is 7.11 Å². The summed E-state index contributed by atoms with van der Waals surface area (Å²) in [7, 11) is 1.54. The van der Waals surface area contributed by atoms with Gasteiger partial charge in [0.1, 0.15) is 0 Å². The molecule has 1 aromatic heterocycles. The number of benzene rings is 1. The van der Waals surface area contributed by atoms with Crippen LogP contribution < -0.4 is 5.32 Å². The summed E-state index contributed by atoms with van der Waals surface area (Å²) in [5, 5.41) is 3.48. The molecule has 1 aliphatic heterocycles. The minimum atomic E-state index is -0.547. The minimum absolute atomic E-state index is 0.141. The van der Waals surface area contributed by atoms with Gasteiger partial charge in [-0.3, -0.25) is 9.45 Å². The lowest BCUT2D eigenvalue weighted by atomic mass is 9.96. The van der Waals surface area contributed by atoms with Crippen molar-refractivity contribution in [2.24, 2.45) is 5.92 Å². The Balaban J connectivity index is 1.99. The number of fused-ring (bicyclic) bond motifs is 3. The lowest BCUT2D eigenvalue weighted by Crippen LogP contribution is -2.29. The Morgan fingerprint density at radius 1 is 1.33 bits per heavy atom. The van der Waals surface area contributed by atoms with Gasteiger partial charge in [0.25, 0.3) is 0 Å².